The Labute approximate surface area is 123 Å². The summed E-state index contributed by atoms with van der Waals surface area (Å²) in [5.41, 5.74) is -0.777. The van der Waals surface area contributed by atoms with Gasteiger partial charge in [0.05, 0.1) is 0 Å². The van der Waals surface area contributed by atoms with E-state index in [1.807, 2.05) is 13.8 Å². The monoisotopic (exact) mass is 282 g/mol. The lowest BCUT2D eigenvalue weighted by Gasteiger charge is -2.44. The fraction of sp³-hybridized carbons (Fsp3) is 0.875. The molecule has 0 spiro atoms. The minimum atomic E-state index is -0.777. The highest BCUT2D eigenvalue weighted by molar-refractivity contribution is 5.99. The summed E-state index contributed by atoms with van der Waals surface area (Å²) in [7, 11) is 0. The zero-order chi connectivity index (χ0) is 15.5. The van der Waals surface area contributed by atoms with E-state index in [9.17, 15) is 9.59 Å². The second-order valence-electron chi connectivity index (χ2n) is 7.19. The number of carbonyl (C=O) groups is 2. The molecule has 0 radical (unpaired) electrons. The van der Waals surface area contributed by atoms with Gasteiger partial charge in [0.1, 0.15) is 11.6 Å². The van der Waals surface area contributed by atoms with E-state index in [1.54, 1.807) is 18.7 Å². The molecule has 0 aromatic rings. The zero-order valence-electron chi connectivity index (χ0n) is 13.8. The molecule has 1 N–H and O–H groups in total. The van der Waals surface area contributed by atoms with E-state index in [0.29, 0.717) is 12.5 Å². The summed E-state index contributed by atoms with van der Waals surface area (Å²) >= 11 is 0. The van der Waals surface area contributed by atoms with Gasteiger partial charge in [-0.3, -0.25) is 9.59 Å². The standard InChI is InChI=1S/C16H30N2O2/c1-11(2)9-7-8-10-18-13(12(3)4)14(19)17-16(5,6)15(18)20/h11-13H,7-10H2,1-6H3,(H,17,19). The lowest BCUT2D eigenvalue weighted by Crippen LogP contribution is -2.69. The van der Waals surface area contributed by atoms with Crippen molar-refractivity contribution >= 4 is 11.8 Å². The van der Waals surface area contributed by atoms with Crippen molar-refractivity contribution in [2.24, 2.45) is 11.8 Å². The van der Waals surface area contributed by atoms with E-state index >= 15 is 0 Å². The van der Waals surface area contributed by atoms with Gasteiger partial charge in [-0.25, -0.2) is 0 Å². The summed E-state index contributed by atoms with van der Waals surface area (Å²) in [6.45, 7) is 12.7. The van der Waals surface area contributed by atoms with Gasteiger partial charge in [0.15, 0.2) is 0 Å². The molecule has 0 aliphatic carbocycles. The summed E-state index contributed by atoms with van der Waals surface area (Å²) < 4.78 is 0. The number of amides is 2. The van der Waals surface area contributed by atoms with Crippen molar-refractivity contribution in [2.45, 2.75) is 72.4 Å². The van der Waals surface area contributed by atoms with Gasteiger partial charge >= 0.3 is 0 Å². The highest BCUT2D eigenvalue weighted by atomic mass is 16.2. The molecule has 0 saturated carbocycles. The van der Waals surface area contributed by atoms with Gasteiger partial charge in [-0.1, -0.05) is 40.5 Å². The van der Waals surface area contributed by atoms with Crippen molar-refractivity contribution in [3.63, 3.8) is 0 Å². The van der Waals surface area contributed by atoms with E-state index in [4.69, 9.17) is 0 Å². The Kier molecular flexibility index (Phi) is 5.60. The normalized spacial score (nSPS) is 22.6. The van der Waals surface area contributed by atoms with Gasteiger partial charge < -0.3 is 10.2 Å². The number of nitrogens with zero attached hydrogens (tertiary/aromatic N) is 1. The number of piperazine rings is 1. The largest absolute Gasteiger partial charge is 0.340 e. The number of carbonyl (C=O) groups excluding carboxylic acids is 2. The topological polar surface area (TPSA) is 49.4 Å². The molecule has 0 aromatic heterocycles. The van der Waals surface area contributed by atoms with Crippen LogP contribution >= 0.6 is 0 Å². The number of nitrogens with one attached hydrogen (secondary N) is 1. The molecule has 116 valence electrons. The van der Waals surface area contributed by atoms with Crippen molar-refractivity contribution in [1.82, 2.24) is 10.2 Å². The lowest BCUT2D eigenvalue weighted by atomic mass is 9.91. The third-order valence-electron chi connectivity index (χ3n) is 3.90. The molecule has 1 fully saturated rings. The molecule has 1 unspecified atom stereocenters. The van der Waals surface area contributed by atoms with Crippen LogP contribution in [0.1, 0.15) is 60.8 Å². The average Bonchev–Trinajstić information content (AvgIpc) is 2.28. The van der Waals surface area contributed by atoms with Crippen LogP contribution in [0.4, 0.5) is 0 Å². The molecule has 4 nitrogen and oxygen atoms in total. The smallest absolute Gasteiger partial charge is 0.248 e. The number of unbranched alkanes of at least 4 members (excludes halogenated alkanes) is 1. The van der Waals surface area contributed by atoms with E-state index in [2.05, 4.69) is 19.2 Å². The minimum Gasteiger partial charge on any atom is -0.340 e. The van der Waals surface area contributed by atoms with Crippen LogP contribution in [0.15, 0.2) is 0 Å². The molecule has 1 heterocycles. The van der Waals surface area contributed by atoms with Crippen LogP contribution in [-0.4, -0.2) is 34.8 Å². The molecular weight excluding hydrogens is 252 g/mol. The first kappa shape index (κ1) is 17.0. The number of hydrogen-bond donors (Lipinski definition) is 1. The highest BCUT2D eigenvalue weighted by Gasteiger charge is 2.45. The average molecular weight is 282 g/mol. The Morgan fingerprint density at radius 1 is 1.15 bits per heavy atom. The molecule has 1 saturated heterocycles. The van der Waals surface area contributed by atoms with Crippen LogP contribution in [0.25, 0.3) is 0 Å². The Bertz CT molecular complexity index is 361. The van der Waals surface area contributed by atoms with Crippen LogP contribution in [0.5, 0.6) is 0 Å². The Hall–Kier alpha value is -1.06. The molecule has 1 aliphatic rings. The van der Waals surface area contributed by atoms with Crippen molar-refractivity contribution in [1.29, 1.82) is 0 Å². The van der Waals surface area contributed by atoms with Crippen LogP contribution in [0.2, 0.25) is 0 Å². The van der Waals surface area contributed by atoms with E-state index in [-0.39, 0.29) is 23.8 Å². The molecule has 1 rings (SSSR count). The first-order valence-electron chi connectivity index (χ1n) is 7.80. The Morgan fingerprint density at radius 2 is 1.75 bits per heavy atom. The van der Waals surface area contributed by atoms with Crippen LogP contribution in [-0.2, 0) is 9.59 Å². The summed E-state index contributed by atoms with van der Waals surface area (Å²) in [6, 6.07) is -0.324. The van der Waals surface area contributed by atoms with Crippen molar-refractivity contribution in [3.05, 3.63) is 0 Å². The third kappa shape index (κ3) is 3.97. The Balaban J connectivity index is 2.74. The summed E-state index contributed by atoms with van der Waals surface area (Å²) in [4.78, 5) is 26.6. The molecule has 1 aliphatic heterocycles. The summed E-state index contributed by atoms with van der Waals surface area (Å²) in [5, 5.41) is 2.85. The molecular formula is C16H30N2O2. The summed E-state index contributed by atoms with van der Waals surface area (Å²) in [5.74, 6) is 0.849. The molecule has 1 atom stereocenters. The number of rotatable bonds is 6. The molecule has 0 bridgehead atoms. The summed E-state index contributed by atoms with van der Waals surface area (Å²) in [6.07, 6.45) is 3.24. The van der Waals surface area contributed by atoms with Crippen molar-refractivity contribution in [3.8, 4) is 0 Å². The van der Waals surface area contributed by atoms with Gasteiger partial charge in [0, 0.05) is 6.54 Å². The maximum atomic E-state index is 12.5. The first-order chi connectivity index (χ1) is 9.16. The lowest BCUT2D eigenvalue weighted by molar-refractivity contribution is -0.155. The van der Waals surface area contributed by atoms with Crippen molar-refractivity contribution < 1.29 is 9.59 Å². The SMILES string of the molecule is CC(C)CCCCN1C(=O)C(C)(C)NC(=O)C1C(C)C. The van der Waals surface area contributed by atoms with Crippen LogP contribution in [0.3, 0.4) is 0 Å². The highest BCUT2D eigenvalue weighted by Crippen LogP contribution is 2.23. The zero-order valence-corrected chi connectivity index (χ0v) is 13.8. The quantitative estimate of drug-likeness (QED) is 0.761. The number of hydrogen-bond acceptors (Lipinski definition) is 2. The van der Waals surface area contributed by atoms with Gasteiger partial charge in [0.2, 0.25) is 11.8 Å². The van der Waals surface area contributed by atoms with Crippen molar-refractivity contribution in [2.75, 3.05) is 6.54 Å². The molecule has 2 amide bonds. The van der Waals surface area contributed by atoms with Crippen LogP contribution in [0, 0.1) is 11.8 Å². The maximum Gasteiger partial charge on any atom is 0.248 e. The first-order valence-corrected chi connectivity index (χ1v) is 7.80. The minimum absolute atomic E-state index is 0.0199. The third-order valence-corrected chi connectivity index (χ3v) is 3.90. The fourth-order valence-electron chi connectivity index (χ4n) is 2.80. The van der Waals surface area contributed by atoms with E-state index in [1.165, 1.54) is 6.42 Å². The second-order valence-corrected chi connectivity index (χ2v) is 7.19. The second kappa shape index (κ2) is 6.59. The van der Waals surface area contributed by atoms with Gasteiger partial charge in [0.25, 0.3) is 0 Å². The van der Waals surface area contributed by atoms with Crippen LogP contribution < -0.4 is 5.32 Å². The van der Waals surface area contributed by atoms with E-state index < -0.39 is 5.54 Å². The molecule has 20 heavy (non-hydrogen) atoms. The van der Waals surface area contributed by atoms with Gasteiger partial charge in [-0.05, 0) is 32.1 Å². The van der Waals surface area contributed by atoms with Gasteiger partial charge in [-0.15, -0.1) is 0 Å². The van der Waals surface area contributed by atoms with E-state index in [0.717, 1.165) is 12.8 Å². The predicted molar refractivity (Wildman–Crippen MR) is 81.2 cm³/mol. The molecule has 0 aromatic carbocycles. The van der Waals surface area contributed by atoms with Gasteiger partial charge in [-0.2, -0.15) is 0 Å². The Morgan fingerprint density at radius 3 is 2.25 bits per heavy atom. The fourth-order valence-corrected chi connectivity index (χ4v) is 2.80. The molecule has 4 heteroatoms. The maximum absolute atomic E-state index is 12.5. The predicted octanol–water partition coefficient (Wildman–Crippen LogP) is 2.57.